The number of carboxylic acid groups (broad SMARTS) is 1. The fraction of sp³-hybridized carbons (Fsp3) is 0.333. The smallest absolute Gasteiger partial charge is 0.753 e. The zero-order valence-corrected chi connectivity index (χ0v) is 10.5. The van der Waals surface area contributed by atoms with Crippen molar-refractivity contribution in [3.05, 3.63) is 5.41 Å². The number of hydrogen-bond donors (Lipinski definition) is 0. The molecule has 0 heterocycles. The number of carboxylic acids is 1. The Kier molecular flexibility index (Phi) is 56.9. The first-order valence-corrected chi connectivity index (χ1v) is 1.74. The number of carbonyl (C=O) groups is 1. The van der Waals surface area contributed by atoms with Crippen LogP contribution in [0.25, 0.3) is 5.41 Å². The number of thiocarbonyl (C=S) groups is 1. The van der Waals surface area contributed by atoms with Gasteiger partial charge in [-0.2, -0.15) is 5.16 Å². The van der Waals surface area contributed by atoms with Gasteiger partial charge in [0.25, 0.3) is 0 Å². The normalized spacial score (nSPS) is 3.67. The van der Waals surface area contributed by atoms with E-state index >= 15 is 0 Å². The minimum absolute atomic E-state index is 0. The van der Waals surface area contributed by atoms with Crippen molar-refractivity contribution in [2.45, 2.75) is 6.92 Å². The van der Waals surface area contributed by atoms with Crippen molar-refractivity contribution < 1.29 is 69.0 Å². The number of hydrogen-bond acceptors (Lipinski definition) is 3. The Morgan fingerprint density at radius 1 is 1.67 bits per heavy atom. The second kappa shape index (κ2) is 22.8. The third-order valence-corrected chi connectivity index (χ3v) is 0. The summed E-state index contributed by atoms with van der Waals surface area (Å²) in [6.07, 6.45) is 0. The number of isothiocyanates is 1. The van der Waals surface area contributed by atoms with Crippen molar-refractivity contribution in [1.29, 1.82) is 0 Å². The maximum absolute atomic E-state index is 8.89. The van der Waals surface area contributed by atoms with Crippen LogP contribution in [0, 0.1) is 0 Å². The maximum atomic E-state index is 8.89. The van der Waals surface area contributed by atoms with Crippen molar-refractivity contribution >= 4 is 23.3 Å². The molecule has 0 bridgehead atoms. The number of carbonyl (C=O) groups excluding carboxylic acids is 1. The van der Waals surface area contributed by atoms with Gasteiger partial charge in [-0.25, -0.2) is 0 Å². The topological polar surface area (TPSA) is 62.4 Å². The Morgan fingerprint density at radius 2 is 1.67 bits per heavy atom. The maximum Gasteiger partial charge on any atom is 1.00 e. The molecule has 0 amide bonds. The van der Waals surface area contributed by atoms with E-state index in [0.29, 0.717) is 0 Å². The fourth-order valence-corrected chi connectivity index (χ4v) is 0. The van der Waals surface area contributed by atoms with Gasteiger partial charge in [0.2, 0.25) is 0 Å². The van der Waals surface area contributed by atoms with Gasteiger partial charge in [-0.1, -0.05) is 12.2 Å². The molecule has 0 unspecified atom stereocenters. The molecular formula is C3H3NNa2O2S. The summed E-state index contributed by atoms with van der Waals surface area (Å²) in [5.41, 5.74) is 0. The van der Waals surface area contributed by atoms with Crippen LogP contribution in [-0.2, 0) is 4.79 Å². The van der Waals surface area contributed by atoms with Gasteiger partial charge in [0.1, 0.15) is 0 Å². The molecule has 0 aromatic rings. The Hall–Kier alpha value is 1.27. The van der Waals surface area contributed by atoms with E-state index in [9.17, 15) is 0 Å². The van der Waals surface area contributed by atoms with E-state index in [1.54, 1.807) is 0 Å². The summed E-state index contributed by atoms with van der Waals surface area (Å²) in [5.74, 6) is -1.08. The van der Waals surface area contributed by atoms with Gasteiger partial charge in [0.05, 0.1) is 0 Å². The molecule has 0 aliphatic heterocycles. The molecule has 6 heteroatoms. The van der Waals surface area contributed by atoms with Gasteiger partial charge in [-0.15, -0.1) is 0 Å². The largest absolute Gasteiger partial charge is 1.00 e. The average molecular weight is 163 g/mol. The predicted molar refractivity (Wildman–Crippen MR) is 26.6 cm³/mol. The first-order valence-electron chi connectivity index (χ1n) is 1.34. The van der Waals surface area contributed by atoms with Crippen molar-refractivity contribution in [3.8, 4) is 0 Å². The Labute approximate surface area is 103 Å². The van der Waals surface area contributed by atoms with E-state index in [0.717, 1.165) is 6.92 Å². The summed E-state index contributed by atoms with van der Waals surface area (Å²) >= 11 is 3.70. The van der Waals surface area contributed by atoms with E-state index in [1.807, 2.05) is 0 Å². The molecule has 0 aliphatic rings. The van der Waals surface area contributed by atoms with E-state index in [-0.39, 0.29) is 59.1 Å². The number of aliphatic carboxylic acids is 1. The van der Waals surface area contributed by atoms with E-state index in [4.69, 9.17) is 15.3 Å². The molecule has 0 radical (unpaired) electrons. The molecule has 0 aromatic heterocycles. The SMILES string of the molecule is CC(=O)[O-].[N-]=C=S.[Na+].[Na+]. The molecule has 0 N–H and O–H groups in total. The van der Waals surface area contributed by atoms with Crippen LogP contribution in [-0.4, -0.2) is 11.1 Å². The molecule has 9 heavy (non-hydrogen) atoms. The zero-order valence-electron chi connectivity index (χ0n) is 5.67. The van der Waals surface area contributed by atoms with E-state index < -0.39 is 5.97 Å². The Morgan fingerprint density at radius 3 is 1.67 bits per heavy atom. The molecule has 0 fully saturated rings. The average Bonchev–Trinajstić information content (AvgIpc) is 1.33. The third kappa shape index (κ3) is 304. The van der Waals surface area contributed by atoms with E-state index in [2.05, 4.69) is 12.2 Å². The van der Waals surface area contributed by atoms with Crippen LogP contribution in [0.3, 0.4) is 0 Å². The summed E-state index contributed by atoms with van der Waals surface area (Å²) in [6, 6.07) is 0. The molecule has 0 spiro atoms. The van der Waals surface area contributed by atoms with Crippen LogP contribution in [0.15, 0.2) is 0 Å². The Bertz CT molecular complexity index is 87.8. The van der Waals surface area contributed by atoms with Crippen LogP contribution in [0.5, 0.6) is 0 Å². The van der Waals surface area contributed by atoms with Crippen molar-refractivity contribution in [2.24, 2.45) is 0 Å². The molecular weight excluding hydrogens is 160 g/mol. The molecule has 0 saturated carbocycles. The van der Waals surface area contributed by atoms with Crippen molar-refractivity contribution in [2.75, 3.05) is 0 Å². The van der Waals surface area contributed by atoms with Crippen LogP contribution < -0.4 is 64.2 Å². The van der Waals surface area contributed by atoms with Crippen LogP contribution in [0.2, 0.25) is 0 Å². The molecule has 40 valence electrons. The minimum atomic E-state index is -1.08. The van der Waals surface area contributed by atoms with Gasteiger partial charge >= 0.3 is 59.1 Å². The van der Waals surface area contributed by atoms with Gasteiger partial charge in [-0.05, 0) is 6.92 Å². The quantitative estimate of drug-likeness (QED) is 0.202. The minimum Gasteiger partial charge on any atom is -0.753 e. The summed E-state index contributed by atoms with van der Waals surface area (Å²) in [6.45, 7) is 0.972. The Balaban J connectivity index is -0.0000000233. The van der Waals surface area contributed by atoms with Gasteiger partial charge in [0, 0.05) is 5.97 Å². The van der Waals surface area contributed by atoms with Gasteiger partial charge in [-0.3, -0.25) is 0 Å². The van der Waals surface area contributed by atoms with Crippen LogP contribution in [0.4, 0.5) is 0 Å². The second-order valence-corrected chi connectivity index (χ2v) is 0.765. The summed E-state index contributed by atoms with van der Waals surface area (Å²) in [7, 11) is 0. The van der Waals surface area contributed by atoms with Gasteiger partial charge in [0.15, 0.2) is 0 Å². The number of nitrogens with zero attached hydrogens (tertiary/aromatic N) is 1. The standard InChI is InChI=1S/C2H4O2.CNS.2Na/c1-2(3)4;2-1-3;;/h1H3,(H,3,4);;;/q;-1;2*+1/p-1. The zero-order chi connectivity index (χ0) is 6.28. The first-order chi connectivity index (χ1) is 3.15. The number of rotatable bonds is 0. The molecule has 0 saturated heterocycles. The summed E-state index contributed by atoms with van der Waals surface area (Å²) < 4.78 is 0. The third-order valence-electron chi connectivity index (χ3n) is 0. The molecule has 0 aromatic carbocycles. The molecule has 3 nitrogen and oxygen atoms in total. The molecule has 0 atom stereocenters. The second-order valence-electron chi connectivity index (χ2n) is 0.583. The molecule has 0 aliphatic carbocycles. The summed E-state index contributed by atoms with van der Waals surface area (Å²) in [4.78, 5) is 8.89. The monoisotopic (exact) mass is 163 g/mol. The van der Waals surface area contributed by atoms with Crippen LogP contribution >= 0.6 is 12.2 Å². The van der Waals surface area contributed by atoms with Crippen LogP contribution in [0.1, 0.15) is 6.92 Å². The summed E-state index contributed by atoms with van der Waals surface area (Å²) in [5, 5.41) is 17.4. The fourth-order valence-electron chi connectivity index (χ4n) is 0. The van der Waals surface area contributed by atoms with Gasteiger partial charge < -0.3 is 15.3 Å². The first kappa shape index (κ1) is 22.4. The predicted octanol–water partition coefficient (Wildman–Crippen LogP) is -6.58. The molecule has 0 rings (SSSR count). The van der Waals surface area contributed by atoms with E-state index in [1.165, 1.54) is 5.16 Å². The van der Waals surface area contributed by atoms with Crippen molar-refractivity contribution in [1.82, 2.24) is 0 Å². The van der Waals surface area contributed by atoms with Crippen molar-refractivity contribution in [3.63, 3.8) is 0 Å².